The van der Waals surface area contributed by atoms with Gasteiger partial charge in [0.25, 0.3) is 5.56 Å². The van der Waals surface area contributed by atoms with Crippen molar-refractivity contribution in [3.63, 3.8) is 0 Å². The fraction of sp³-hybridized carbons (Fsp3) is 0.190. The SMILES string of the molecule is COc1cccc(CSc2nc(CC(=O)Nc3ccccc3C)cc(=O)[nH]2)c1. The van der Waals surface area contributed by atoms with Gasteiger partial charge in [-0.25, -0.2) is 4.98 Å². The summed E-state index contributed by atoms with van der Waals surface area (Å²) in [4.78, 5) is 31.4. The number of rotatable bonds is 7. The first-order valence-electron chi connectivity index (χ1n) is 8.75. The molecular weight excluding hydrogens is 374 g/mol. The molecule has 7 heteroatoms. The van der Waals surface area contributed by atoms with E-state index < -0.39 is 0 Å². The molecule has 0 saturated carbocycles. The molecule has 6 nitrogen and oxygen atoms in total. The molecule has 0 bridgehead atoms. The van der Waals surface area contributed by atoms with E-state index in [1.54, 1.807) is 7.11 Å². The number of methoxy groups -OCH3 is 1. The van der Waals surface area contributed by atoms with E-state index in [9.17, 15) is 9.59 Å². The molecule has 0 radical (unpaired) electrons. The topological polar surface area (TPSA) is 84.1 Å². The van der Waals surface area contributed by atoms with E-state index in [1.165, 1.54) is 17.8 Å². The van der Waals surface area contributed by atoms with Gasteiger partial charge < -0.3 is 15.0 Å². The highest BCUT2D eigenvalue weighted by atomic mass is 32.2. The molecule has 1 amide bonds. The van der Waals surface area contributed by atoms with E-state index in [0.29, 0.717) is 16.6 Å². The quantitative estimate of drug-likeness (QED) is 0.472. The summed E-state index contributed by atoms with van der Waals surface area (Å²) in [7, 11) is 1.62. The molecule has 0 atom stereocenters. The molecule has 0 aliphatic carbocycles. The number of H-pyrrole nitrogens is 1. The lowest BCUT2D eigenvalue weighted by Gasteiger charge is -2.08. The van der Waals surface area contributed by atoms with E-state index >= 15 is 0 Å². The van der Waals surface area contributed by atoms with Crippen molar-refractivity contribution in [2.24, 2.45) is 0 Å². The number of aromatic amines is 1. The van der Waals surface area contributed by atoms with E-state index in [4.69, 9.17) is 4.74 Å². The van der Waals surface area contributed by atoms with E-state index in [2.05, 4.69) is 15.3 Å². The van der Waals surface area contributed by atoms with Crippen LogP contribution in [0.15, 0.2) is 64.5 Å². The van der Waals surface area contributed by atoms with Crippen LogP contribution in [0.4, 0.5) is 5.69 Å². The number of anilines is 1. The van der Waals surface area contributed by atoms with E-state index in [-0.39, 0.29) is 17.9 Å². The molecule has 1 aromatic heterocycles. The summed E-state index contributed by atoms with van der Waals surface area (Å²) in [6, 6.07) is 16.6. The van der Waals surface area contributed by atoms with Gasteiger partial charge in [-0.2, -0.15) is 0 Å². The molecule has 0 aliphatic rings. The number of aromatic nitrogens is 2. The average molecular weight is 395 g/mol. The Balaban J connectivity index is 1.66. The van der Waals surface area contributed by atoms with Crippen LogP contribution in [0, 0.1) is 6.92 Å². The van der Waals surface area contributed by atoms with Crippen LogP contribution in [0.25, 0.3) is 0 Å². The maximum Gasteiger partial charge on any atom is 0.251 e. The van der Waals surface area contributed by atoms with Gasteiger partial charge in [0.05, 0.1) is 19.2 Å². The molecular formula is C21H21N3O3S. The average Bonchev–Trinajstić information content (AvgIpc) is 2.68. The Bertz CT molecular complexity index is 1030. The highest BCUT2D eigenvalue weighted by molar-refractivity contribution is 7.98. The van der Waals surface area contributed by atoms with Crippen molar-refractivity contribution in [3.8, 4) is 5.75 Å². The van der Waals surface area contributed by atoms with Gasteiger partial charge in [0.1, 0.15) is 5.75 Å². The second kappa shape index (κ2) is 9.23. The first-order valence-corrected chi connectivity index (χ1v) is 9.73. The number of hydrogen-bond donors (Lipinski definition) is 2. The highest BCUT2D eigenvalue weighted by Crippen LogP contribution is 2.21. The smallest absolute Gasteiger partial charge is 0.251 e. The molecule has 28 heavy (non-hydrogen) atoms. The Morgan fingerprint density at radius 3 is 2.79 bits per heavy atom. The fourth-order valence-electron chi connectivity index (χ4n) is 2.63. The molecule has 2 N–H and O–H groups in total. The lowest BCUT2D eigenvalue weighted by molar-refractivity contribution is -0.115. The number of aryl methyl sites for hydroxylation is 1. The third-order valence-corrected chi connectivity index (χ3v) is 4.99. The Hall–Kier alpha value is -3.06. The van der Waals surface area contributed by atoms with Crippen LogP contribution in [-0.4, -0.2) is 23.0 Å². The van der Waals surface area contributed by atoms with Crippen LogP contribution >= 0.6 is 11.8 Å². The van der Waals surface area contributed by atoms with Crippen LogP contribution in [0.3, 0.4) is 0 Å². The number of benzene rings is 2. The first kappa shape index (κ1) is 19.7. The molecule has 0 aliphatic heterocycles. The van der Waals surface area contributed by atoms with Gasteiger partial charge in [-0.1, -0.05) is 42.1 Å². The number of para-hydroxylation sites is 1. The monoisotopic (exact) mass is 395 g/mol. The summed E-state index contributed by atoms with van der Waals surface area (Å²) in [5.74, 6) is 1.19. The molecule has 1 heterocycles. The van der Waals surface area contributed by atoms with Crippen LogP contribution in [-0.2, 0) is 17.0 Å². The van der Waals surface area contributed by atoms with Crippen molar-refractivity contribution in [1.29, 1.82) is 0 Å². The summed E-state index contributed by atoms with van der Waals surface area (Å²) in [5, 5.41) is 3.34. The zero-order chi connectivity index (χ0) is 19.9. The van der Waals surface area contributed by atoms with Crippen molar-refractivity contribution >= 4 is 23.4 Å². The normalized spacial score (nSPS) is 10.5. The standard InChI is InChI=1S/C21H21N3O3S/c1-14-6-3-4-9-18(14)23-19(25)11-16-12-20(26)24-21(22-16)28-13-15-7-5-8-17(10-15)27-2/h3-10,12H,11,13H2,1-2H3,(H,23,25)(H,22,24,26). The van der Waals surface area contributed by atoms with Crippen molar-refractivity contribution < 1.29 is 9.53 Å². The number of nitrogens with one attached hydrogen (secondary N) is 2. The number of hydrogen-bond acceptors (Lipinski definition) is 5. The third kappa shape index (κ3) is 5.47. The molecule has 0 unspecified atom stereocenters. The van der Waals surface area contributed by atoms with Gasteiger partial charge in [-0.15, -0.1) is 0 Å². The van der Waals surface area contributed by atoms with Crippen LogP contribution in [0.1, 0.15) is 16.8 Å². The van der Waals surface area contributed by atoms with Crippen LogP contribution < -0.4 is 15.6 Å². The second-order valence-electron chi connectivity index (χ2n) is 6.22. The Kier molecular flexibility index (Phi) is 6.49. The van der Waals surface area contributed by atoms with Gasteiger partial charge in [-0.05, 0) is 36.2 Å². The largest absolute Gasteiger partial charge is 0.497 e. The molecule has 3 rings (SSSR count). The van der Waals surface area contributed by atoms with Crippen LogP contribution in [0.5, 0.6) is 5.75 Å². The van der Waals surface area contributed by atoms with E-state index in [0.717, 1.165) is 22.6 Å². The van der Waals surface area contributed by atoms with Crippen molar-refractivity contribution in [2.75, 3.05) is 12.4 Å². The molecule has 3 aromatic rings. The second-order valence-corrected chi connectivity index (χ2v) is 7.19. The van der Waals surface area contributed by atoms with Gasteiger partial charge in [0, 0.05) is 17.5 Å². The molecule has 2 aromatic carbocycles. The molecule has 0 spiro atoms. The maximum absolute atomic E-state index is 12.3. The Labute approximate surface area is 167 Å². The molecule has 0 fully saturated rings. The molecule has 144 valence electrons. The Morgan fingerprint density at radius 1 is 1.18 bits per heavy atom. The maximum atomic E-state index is 12.3. The van der Waals surface area contributed by atoms with Crippen molar-refractivity contribution in [3.05, 3.63) is 81.8 Å². The first-order chi connectivity index (χ1) is 13.5. The van der Waals surface area contributed by atoms with Gasteiger partial charge in [0.15, 0.2) is 5.16 Å². The minimum Gasteiger partial charge on any atom is -0.497 e. The lowest BCUT2D eigenvalue weighted by Crippen LogP contribution is -2.18. The predicted molar refractivity (Wildman–Crippen MR) is 111 cm³/mol. The minimum atomic E-state index is -0.276. The van der Waals surface area contributed by atoms with Crippen molar-refractivity contribution in [2.45, 2.75) is 24.3 Å². The molecule has 0 saturated heterocycles. The summed E-state index contributed by atoms with van der Waals surface area (Å²) < 4.78 is 5.22. The summed E-state index contributed by atoms with van der Waals surface area (Å²) in [6.45, 7) is 1.93. The van der Waals surface area contributed by atoms with Crippen LogP contribution in [0.2, 0.25) is 0 Å². The van der Waals surface area contributed by atoms with Gasteiger partial charge in [0.2, 0.25) is 5.91 Å². The number of carbonyl (C=O) groups is 1. The Morgan fingerprint density at radius 2 is 2.00 bits per heavy atom. The van der Waals surface area contributed by atoms with Gasteiger partial charge >= 0.3 is 0 Å². The minimum absolute atomic E-state index is 0.0327. The van der Waals surface area contributed by atoms with Gasteiger partial charge in [-0.3, -0.25) is 9.59 Å². The van der Waals surface area contributed by atoms with Crippen molar-refractivity contribution in [1.82, 2.24) is 9.97 Å². The third-order valence-electron chi connectivity index (χ3n) is 4.04. The number of ether oxygens (including phenoxy) is 1. The number of nitrogens with zero attached hydrogens (tertiary/aromatic N) is 1. The number of thioether (sulfide) groups is 1. The highest BCUT2D eigenvalue weighted by Gasteiger charge is 2.10. The summed E-state index contributed by atoms with van der Waals surface area (Å²) in [5.41, 5.74) is 2.94. The zero-order valence-electron chi connectivity index (χ0n) is 15.7. The lowest BCUT2D eigenvalue weighted by atomic mass is 10.2. The summed E-state index contributed by atoms with van der Waals surface area (Å²) >= 11 is 1.40. The number of carbonyl (C=O) groups excluding carboxylic acids is 1. The fourth-order valence-corrected chi connectivity index (χ4v) is 3.47. The predicted octanol–water partition coefficient (Wildman–Crippen LogP) is 3.56. The summed E-state index contributed by atoms with van der Waals surface area (Å²) in [6.07, 6.45) is 0.0327. The zero-order valence-corrected chi connectivity index (χ0v) is 16.5. The number of amides is 1. The van der Waals surface area contributed by atoms with E-state index in [1.807, 2.05) is 55.5 Å².